The molecule has 22 heavy (non-hydrogen) atoms. The first-order chi connectivity index (χ1) is 10.6. The zero-order valence-electron chi connectivity index (χ0n) is 11.5. The molecule has 2 amide bonds. The highest BCUT2D eigenvalue weighted by Crippen LogP contribution is 2.23. The minimum atomic E-state index is -0.789. The third kappa shape index (κ3) is 2.83. The molecule has 3 aromatic rings. The summed E-state index contributed by atoms with van der Waals surface area (Å²) in [5, 5.41) is 16.3. The molecule has 0 radical (unpaired) electrons. The van der Waals surface area contributed by atoms with Gasteiger partial charge < -0.3 is 15.7 Å². The van der Waals surface area contributed by atoms with Crippen LogP contribution in [0.1, 0.15) is 0 Å². The summed E-state index contributed by atoms with van der Waals surface area (Å²) in [6.45, 7) is 0. The molecule has 3 aromatic carbocycles. The van der Waals surface area contributed by atoms with Gasteiger partial charge in [0.1, 0.15) is 0 Å². The number of amides is 2. The van der Waals surface area contributed by atoms with Crippen LogP contribution in [0.3, 0.4) is 0 Å². The maximum absolute atomic E-state index is 13.2. The van der Waals surface area contributed by atoms with Crippen molar-refractivity contribution in [3.63, 3.8) is 0 Å². The van der Waals surface area contributed by atoms with Crippen LogP contribution >= 0.6 is 0 Å². The summed E-state index contributed by atoms with van der Waals surface area (Å²) in [7, 11) is 0. The standard InChI is InChI=1S/C17H13FN2O2/c18-14-10-12(8-9-16(14)21)19-17(22)20-15-7-3-5-11-4-1-2-6-13(11)15/h1-10,21H,(H2,19,20,22). The number of hydrogen-bond acceptors (Lipinski definition) is 2. The van der Waals surface area contributed by atoms with E-state index in [0.29, 0.717) is 5.69 Å². The van der Waals surface area contributed by atoms with E-state index < -0.39 is 17.6 Å². The highest BCUT2D eigenvalue weighted by atomic mass is 19.1. The van der Waals surface area contributed by atoms with Crippen LogP contribution in [0, 0.1) is 5.82 Å². The van der Waals surface area contributed by atoms with E-state index in [1.807, 2.05) is 36.4 Å². The summed E-state index contributed by atoms with van der Waals surface area (Å²) in [5.74, 6) is -1.25. The Morgan fingerprint density at radius 3 is 2.55 bits per heavy atom. The second-order valence-electron chi connectivity index (χ2n) is 4.77. The quantitative estimate of drug-likeness (QED) is 0.616. The Morgan fingerprint density at radius 2 is 1.73 bits per heavy atom. The highest BCUT2D eigenvalue weighted by molar-refractivity contribution is 6.06. The number of carbonyl (C=O) groups excluding carboxylic acids is 1. The van der Waals surface area contributed by atoms with Crippen LogP contribution in [0.25, 0.3) is 10.8 Å². The van der Waals surface area contributed by atoms with Crippen LogP contribution < -0.4 is 10.6 Å². The Hall–Kier alpha value is -3.08. The predicted octanol–water partition coefficient (Wildman–Crippen LogP) is 4.33. The summed E-state index contributed by atoms with van der Waals surface area (Å²) in [5.41, 5.74) is 0.919. The molecule has 0 fully saturated rings. The number of urea groups is 1. The van der Waals surface area contributed by atoms with Crippen molar-refractivity contribution in [3.05, 3.63) is 66.5 Å². The molecule has 0 aliphatic carbocycles. The van der Waals surface area contributed by atoms with Crippen molar-refractivity contribution in [2.45, 2.75) is 0 Å². The number of rotatable bonds is 2. The van der Waals surface area contributed by atoms with Gasteiger partial charge in [-0.3, -0.25) is 0 Å². The molecule has 110 valence electrons. The van der Waals surface area contributed by atoms with Crippen molar-refractivity contribution in [1.82, 2.24) is 0 Å². The summed E-state index contributed by atoms with van der Waals surface area (Å²) < 4.78 is 13.2. The third-order valence-corrected chi connectivity index (χ3v) is 3.24. The lowest BCUT2D eigenvalue weighted by molar-refractivity contribution is 0.262. The predicted molar refractivity (Wildman–Crippen MR) is 84.7 cm³/mol. The van der Waals surface area contributed by atoms with Crippen molar-refractivity contribution in [3.8, 4) is 5.75 Å². The lowest BCUT2D eigenvalue weighted by Crippen LogP contribution is -2.19. The van der Waals surface area contributed by atoms with Crippen molar-refractivity contribution in [2.75, 3.05) is 10.6 Å². The first kappa shape index (κ1) is 13.9. The number of carbonyl (C=O) groups is 1. The van der Waals surface area contributed by atoms with Crippen LogP contribution in [-0.4, -0.2) is 11.1 Å². The van der Waals surface area contributed by atoms with E-state index >= 15 is 0 Å². The molecule has 0 saturated carbocycles. The number of anilines is 2. The van der Waals surface area contributed by atoms with Gasteiger partial charge in [-0.2, -0.15) is 0 Å². The van der Waals surface area contributed by atoms with Crippen molar-refractivity contribution in [1.29, 1.82) is 0 Å². The number of fused-ring (bicyclic) bond motifs is 1. The Bertz CT molecular complexity index is 844. The number of nitrogens with one attached hydrogen (secondary N) is 2. The van der Waals surface area contributed by atoms with Gasteiger partial charge in [-0.15, -0.1) is 0 Å². The van der Waals surface area contributed by atoms with Gasteiger partial charge in [0.15, 0.2) is 11.6 Å². The topological polar surface area (TPSA) is 61.4 Å². The fraction of sp³-hybridized carbons (Fsp3) is 0. The van der Waals surface area contributed by atoms with E-state index in [1.54, 1.807) is 6.07 Å². The lowest BCUT2D eigenvalue weighted by atomic mass is 10.1. The Balaban J connectivity index is 1.80. The van der Waals surface area contributed by atoms with E-state index in [2.05, 4.69) is 10.6 Å². The number of aromatic hydroxyl groups is 1. The maximum atomic E-state index is 13.2. The SMILES string of the molecule is O=C(Nc1ccc(O)c(F)c1)Nc1cccc2ccccc12. The Labute approximate surface area is 126 Å². The van der Waals surface area contributed by atoms with E-state index in [9.17, 15) is 9.18 Å². The summed E-state index contributed by atoms with van der Waals surface area (Å²) in [6, 6.07) is 16.4. The minimum absolute atomic E-state index is 0.257. The van der Waals surface area contributed by atoms with Gasteiger partial charge in [0, 0.05) is 17.1 Å². The van der Waals surface area contributed by atoms with Crippen LogP contribution in [0.4, 0.5) is 20.6 Å². The molecular formula is C17H13FN2O2. The molecule has 0 bridgehead atoms. The van der Waals surface area contributed by atoms with E-state index in [-0.39, 0.29) is 5.69 Å². The van der Waals surface area contributed by atoms with Crippen molar-refractivity contribution < 1.29 is 14.3 Å². The molecule has 5 heteroatoms. The normalized spacial score (nSPS) is 10.4. The number of phenolic OH excluding ortho intramolecular Hbond substituents is 1. The van der Waals surface area contributed by atoms with Crippen LogP contribution in [-0.2, 0) is 0 Å². The van der Waals surface area contributed by atoms with Crippen LogP contribution in [0.15, 0.2) is 60.7 Å². The van der Waals surface area contributed by atoms with E-state index in [1.165, 1.54) is 12.1 Å². The molecule has 0 atom stereocenters. The first-order valence-corrected chi connectivity index (χ1v) is 6.68. The molecule has 0 spiro atoms. The van der Waals surface area contributed by atoms with Gasteiger partial charge in [0.25, 0.3) is 0 Å². The van der Waals surface area contributed by atoms with Crippen molar-refractivity contribution >= 4 is 28.2 Å². The first-order valence-electron chi connectivity index (χ1n) is 6.68. The third-order valence-electron chi connectivity index (χ3n) is 3.24. The molecule has 0 unspecified atom stereocenters. The van der Waals surface area contributed by atoms with Crippen LogP contribution in [0.5, 0.6) is 5.75 Å². The number of halogens is 1. The second kappa shape index (κ2) is 5.73. The second-order valence-corrected chi connectivity index (χ2v) is 4.77. The van der Waals surface area contributed by atoms with Crippen LogP contribution in [0.2, 0.25) is 0 Å². The Morgan fingerprint density at radius 1 is 0.955 bits per heavy atom. The van der Waals surface area contributed by atoms with E-state index in [0.717, 1.165) is 16.8 Å². The van der Waals surface area contributed by atoms with Gasteiger partial charge in [-0.1, -0.05) is 36.4 Å². The molecule has 4 nitrogen and oxygen atoms in total. The largest absolute Gasteiger partial charge is 0.505 e. The molecule has 3 rings (SSSR count). The monoisotopic (exact) mass is 296 g/mol. The molecule has 3 N–H and O–H groups in total. The number of benzene rings is 3. The lowest BCUT2D eigenvalue weighted by Gasteiger charge is -2.10. The minimum Gasteiger partial charge on any atom is -0.505 e. The molecule has 0 aliphatic heterocycles. The summed E-state index contributed by atoms with van der Waals surface area (Å²) >= 11 is 0. The molecule has 0 aromatic heterocycles. The molecular weight excluding hydrogens is 283 g/mol. The number of hydrogen-bond donors (Lipinski definition) is 3. The van der Waals surface area contributed by atoms with Crippen molar-refractivity contribution in [2.24, 2.45) is 0 Å². The van der Waals surface area contributed by atoms with E-state index in [4.69, 9.17) is 5.11 Å². The molecule has 0 heterocycles. The maximum Gasteiger partial charge on any atom is 0.323 e. The smallest absolute Gasteiger partial charge is 0.323 e. The average Bonchev–Trinajstić information content (AvgIpc) is 2.51. The Kier molecular flexibility index (Phi) is 3.62. The van der Waals surface area contributed by atoms with Gasteiger partial charge in [-0.05, 0) is 23.6 Å². The van der Waals surface area contributed by atoms with Gasteiger partial charge in [0.05, 0.1) is 5.69 Å². The fourth-order valence-electron chi connectivity index (χ4n) is 2.20. The van der Waals surface area contributed by atoms with Gasteiger partial charge >= 0.3 is 6.03 Å². The molecule has 0 saturated heterocycles. The van der Waals surface area contributed by atoms with Gasteiger partial charge in [0.2, 0.25) is 0 Å². The zero-order chi connectivity index (χ0) is 15.5. The number of phenols is 1. The summed E-state index contributed by atoms with van der Waals surface area (Å²) in [4.78, 5) is 12.0. The van der Waals surface area contributed by atoms with Gasteiger partial charge in [-0.25, -0.2) is 9.18 Å². The summed E-state index contributed by atoms with van der Waals surface area (Å²) in [6.07, 6.45) is 0. The fourth-order valence-corrected chi connectivity index (χ4v) is 2.20. The zero-order valence-corrected chi connectivity index (χ0v) is 11.5. The average molecular weight is 296 g/mol. The highest BCUT2D eigenvalue weighted by Gasteiger charge is 2.07. The molecule has 0 aliphatic rings.